The number of aliphatic hydroxyl groups is 1. The Labute approximate surface area is 121 Å². The fraction of sp³-hybridized carbons (Fsp3) is 0.364. The standard InChI is InChI=1S/C11H10ClF3N2O4/c12-9-5-7(17(20)21)1-2-8(9)10(19)16(3-4-18)6-11(13,14)15/h1-2,5,18H,3-4,6H2. The molecular weight excluding hydrogens is 317 g/mol. The van der Waals surface area contributed by atoms with E-state index in [4.69, 9.17) is 16.7 Å². The van der Waals surface area contributed by atoms with Crippen molar-refractivity contribution in [2.24, 2.45) is 0 Å². The third kappa shape index (κ3) is 4.87. The first kappa shape index (κ1) is 17.2. The lowest BCUT2D eigenvalue weighted by atomic mass is 10.1. The highest BCUT2D eigenvalue weighted by molar-refractivity contribution is 6.34. The van der Waals surface area contributed by atoms with Crippen molar-refractivity contribution in [3.8, 4) is 0 Å². The molecule has 1 N–H and O–H groups in total. The molecule has 0 bridgehead atoms. The molecule has 116 valence electrons. The minimum Gasteiger partial charge on any atom is -0.395 e. The molecule has 0 aliphatic rings. The Morgan fingerprint density at radius 1 is 1.43 bits per heavy atom. The van der Waals surface area contributed by atoms with E-state index >= 15 is 0 Å². The number of amides is 1. The largest absolute Gasteiger partial charge is 0.406 e. The summed E-state index contributed by atoms with van der Waals surface area (Å²) in [6.45, 7) is -2.75. The normalized spacial score (nSPS) is 11.3. The summed E-state index contributed by atoms with van der Waals surface area (Å²) >= 11 is 5.69. The molecule has 0 aliphatic heterocycles. The van der Waals surface area contributed by atoms with Crippen LogP contribution in [0.5, 0.6) is 0 Å². The van der Waals surface area contributed by atoms with Gasteiger partial charge in [-0.1, -0.05) is 11.6 Å². The molecule has 0 saturated carbocycles. The Hall–Kier alpha value is -1.87. The molecule has 0 heterocycles. The summed E-state index contributed by atoms with van der Waals surface area (Å²) in [6.07, 6.45) is -4.64. The predicted molar refractivity (Wildman–Crippen MR) is 67.2 cm³/mol. The van der Waals surface area contributed by atoms with Gasteiger partial charge in [0, 0.05) is 18.7 Å². The number of hydrogen-bond donors (Lipinski definition) is 1. The molecule has 0 fully saturated rings. The fourth-order valence-corrected chi connectivity index (χ4v) is 1.81. The van der Waals surface area contributed by atoms with Crippen molar-refractivity contribution in [3.63, 3.8) is 0 Å². The Morgan fingerprint density at radius 2 is 2.05 bits per heavy atom. The Bertz CT molecular complexity index is 551. The van der Waals surface area contributed by atoms with Crippen molar-refractivity contribution in [2.75, 3.05) is 19.7 Å². The molecule has 1 rings (SSSR count). The van der Waals surface area contributed by atoms with Crippen LogP contribution in [0.2, 0.25) is 5.02 Å². The number of hydrogen-bond acceptors (Lipinski definition) is 4. The van der Waals surface area contributed by atoms with Crippen molar-refractivity contribution in [1.82, 2.24) is 4.90 Å². The van der Waals surface area contributed by atoms with Crippen LogP contribution in [0.15, 0.2) is 18.2 Å². The van der Waals surface area contributed by atoms with E-state index < -0.39 is 36.7 Å². The number of benzene rings is 1. The molecule has 0 atom stereocenters. The predicted octanol–water partition coefficient (Wildman–Crippen LogP) is 2.25. The average molecular weight is 327 g/mol. The molecule has 0 unspecified atom stereocenters. The molecule has 1 amide bonds. The van der Waals surface area contributed by atoms with Crippen molar-refractivity contribution >= 4 is 23.2 Å². The maximum atomic E-state index is 12.4. The molecule has 0 radical (unpaired) electrons. The molecule has 0 aliphatic carbocycles. The van der Waals surface area contributed by atoms with E-state index in [2.05, 4.69) is 0 Å². The number of nitro benzene ring substituents is 1. The van der Waals surface area contributed by atoms with Gasteiger partial charge in [0.1, 0.15) is 6.54 Å². The maximum absolute atomic E-state index is 12.4. The van der Waals surface area contributed by atoms with Crippen molar-refractivity contribution in [2.45, 2.75) is 6.18 Å². The zero-order valence-electron chi connectivity index (χ0n) is 10.4. The smallest absolute Gasteiger partial charge is 0.395 e. The topological polar surface area (TPSA) is 83.7 Å². The second-order valence-electron chi connectivity index (χ2n) is 3.99. The number of nitro groups is 1. The Balaban J connectivity index is 3.06. The van der Waals surface area contributed by atoms with Crippen LogP contribution in [-0.2, 0) is 0 Å². The summed E-state index contributed by atoms with van der Waals surface area (Å²) in [4.78, 5) is 22.1. The number of aliphatic hydroxyl groups excluding tert-OH is 1. The molecule has 0 spiro atoms. The highest BCUT2D eigenvalue weighted by Crippen LogP contribution is 2.25. The van der Waals surface area contributed by atoms with Crippen LogP contribution in [0.1, 0.15) is 10.4 Å². The lowest BCUT2D eigenvalue weighted by Crippen LogP contribution is -2.40. The molecule has 1 aromatic carbocycles. The van der Waals surface area contributed by atoms with Crippen molar-refractivity contribution in [1.29, 1.82) is 0 Å². The minimum atomic E-state index is -4.64. The van der Waals surface area contributed by atoms with Gasteiger partial charge >= 0.3 is 6.18 Å². The Morgan fingerprint density at radius 3 is 2.48 bits per heavy atom. The van der Waals surface area contributed by atoms with Gasteiger partial charge in [0.2, 0.25) is 0 Å². The average Bonchev–Trinajstić information content (AvgIpc) is 2.35. The number of carbonyl (C=O) groups is 1. The van der Waals surface area contributed by atoms with Crippen molar-refractivity contribution < 1.29 is 28.0 Å². The van der Waals surface area contributed by atoms with E-state index in [1.807, 2.05) is 0 Å². The van der Waals surface area contributed by atoms with E-state index in [0.29, 0.717) is 4.90 Å². The summed E-state index contributed by atoms with van der Waals surface area (Å²) in [5, 5.41) is 18.9. The van der Waals surface area contributed by atoms with E-state index in [9.17, 15) is 28.1 Å². The molecule has 0 aromatic heterocycles. The first-order valence-electron chi connectivity index (χ1n) is 5.56. The van der Waals surface area contributed by atoms with E-state index in [1.165, 1.54) is 0 Å². The third-order valence-electron chi connectivity index (χ3n) is 2.42. The van der Waals surface area contributed by atoms with Crippen LogP contribution in [0, 0.1) is 10.1 Å². The minimum absolute atomic E-state index is 0.306. The van der Waals surface area contributed by atoms with Gasteiger partial charge in [-0.15, -0.1) is 0 Å². The lowest BCUT2D eigenvalue weighted by molar-refractivity contribution is -0.384. The summed E-state index contributed by atoms with van der Waals surface area (Å²) < 4.78 is 37.1. The Kier molecular flexibility index (Phi) is 5.50. The van der Waals surface area contributed by atoms with Crippen LogP contribution >= 0.6 is 11.6 Å². The van der Waals surface area contributed by atoms with Gasteiger partial charge in [0.05, 0.1) is 22.1 Å². The number of nitrogens with zero attached hydrogens (tertiary/aromatic N) is 2. The molecule has 6 nitrogen and oxygen atoms in total. The molecular formula is C11H10ClF3N2O4. The number of rotatable bonds is 5. The van der Waals surface area contributed by atoms with Crippen LogP contribution in [-0.4, -0.2) is 46.7 Å². The molecule has 1 aromatic rings. The number of carbonyl (C=O) groups excluding carboxylic acids is 1. The van der Waals surface area contributed by atoms with Gasteiger partial charge in [-0.2, -0.15) is 13.2 Å². The summed E-state index contributed by atoms with van der Waals surface area (Å²) in [5.41, 5.74) is -0.693. The number of non-ortho nitro benzene ring substituents is 1. The van der Waals surface area contributed by atoms with Crippen molar-refractivity contribution in [3.05, 3.63) is 38.9 Å². The summed E-state index contributed by atoms with van der Waals surface area (Å²) in [5.74, 6) is -1.07. The maximum Gasteiger partial charge on any atom is 0.406 e. The van der Waals surface area contributed by atoms with Crippen LogP contribution in [0.3, 0.4) is 0 Å². The summed E-state index contributed by atoms with van der Waals surface area (Å²) in [7, 11) is 0. The molecule has 21 heavy (non-hydrogen) atoms. The molecule has 0 saturated heterocycles. The van der Waals surface area contributed by atoms with Gasteiger partial charge < -0.3 is 10.0 Å². The lowest BCUT2D eigenvalue weighted by Gasteiger charge is -2.23. The SMILES string of the molecule is O=C(c1ccc([N+](=O)[O-])cc1Cl)N(CCO)CC(F)(F)F. The second-order valence-corrected chi connectivity index (χ2v) is 4.39. The third-order valence-corrected chi connectivity index (χ3v) is 2.73. The van der Waals surface area contributed by atoms with E-state index in [-0.39, 0.29) is 16.3 Å². The molecule has 10 heteroatoms. The monoisotopic (exact) mass is 326 g/mol. The van der Waals surface area contributed by atoms with E-state index in [0.717, 1.165) is 18.2 Å². The van der Waals surface area contributed by atoms with E-state index in [1.54, 1.807) is 0 Å². The number of halogens is 4. The first-order valence-corrected chi connectivity index (χ1v) is 5.94. The van der Waals surface area contributed by atoms with Gasteiger partial charge in [-0.3, -0.25) is 14.9 Å². The van der Waals surface area contributed by atoms with Crippen LogP contribution in [0.25, 0.3) is 0 Å². The fourth-order valence-electron chi connectivity index (χ4n) is 1.55. The van der Waals surface area contributed by atoms with Gasteiger partial charge in [0.25, 0.3) is 11.6 Å². The van der Waals surface area contributed by atoms with Gasteiger partial charge in [-0.25, -0.2) is 0 Å². The quantitative estimate of drug-likeness (QED) is 0.664. The van der Waals surface area contributed by atoms with Gasteiger partial charge in [0.15, 0.2) is 0 Å². The highest BCUT2D eigenvalue weighted by Gasteiger charge is 2.33. The van der Waals surface area contributed by atoms with Crippen LogP contribution in [0.4, 0.5) is 18.9 Å². The highest BCUT2D eigenvalue weighted by atomic mass is 35.5. The van der Waals surface area contributed by atoms with Gasteiger partial charge in [-0.05, 0) is 6.07 Å². The summed E-state index contributed by atoms with van der Waals surface area (Å²) in [6, 6.07) is 2.81. The zero-order chi connectivity index (χ0) is 16.2. The first-order chi connectivity index (χ1) is 9.65. The second kappa shape index (κ2) is 6.72. The van der Waals surface area contributed by atoms with Crippen LogP contribution < -0.4 is 0 Å². The number of alkyl halides is 3. The zero-order valence-corrected chi connectivity index (χ0v) is 11.2.